The lowest BCUT2D eigenvalue weighted by molar-refractivity contribution is 0.454. The zero-order valence-electron chi connectivity index (χ0n) is 8.33. The molecule has 0 aliphatic carbocycles. The Bertz CT molecular complexity index is 493. The van der Waals surface area contributed by atoms with E-state index in [0.29, 0.717) is 12.1 Å². The molecular formula is C11H12BrNO2. The number of halogens is 1. The number of aromatic hydroxyl groups is 1. The lowest BCUT2D eigenvalue weighted by Gasteiger charge is -2.12. The van der Waals surface area contributed by atoms with Gasteiger partial charge in [-0.05, 0) is 24.6 Å². The van der Waals surface area contributed by atoms with Gasteiger partial charge in [0, 0.05) is 15.4 Å². The number of rotatable bonds is 2. The van der Waals surface area contributed by atoms with Crippen LogP contribution < -0.4 is 5.73 Å². The molecular weight excluding hydrogens is 258 g/mol. The molecule has 0 bridgehead atoms. The van der Waals surface area contributed by atoms with E-state index in [1.165, 1.54) is 0 Å². The van der Waals surface area contributed by atoms with Crippen molar-refractivity contribution in [3.63, 3.8) is 0 Å². The van der Waals surface area contributed by atoms with Gasteiger partial charge in [0.05, 0.1) is 6.26 Å². The van der Waals surface area contributed by atoms with Crippen molar-refractivity contribution in [1.29, 1.82) is 0 Å². The van der Waals surface area contributed by atoms with Crippen LogP contribution >= 0.6 is 15.9 Å². The van der Waals surface area contributed by atoms with Crippen LogP contribution in [0, 0.1) is 0 Å². The minimum absolute atomic E-state index is 0.107. The fourth-order valence-electron chi connectivity index (χ4n) is 1.60. The topological polar surface area (TPSA) is 59.4 Å². The molecule has 3 nitrogen and oxygen atoms in total. The molecule has 0 spiro atoms. The molecule has 1 unspecified atom stereocenters. The second-order valence-electron chi connectivity index (χ2n) is 3.60. The first-order valence-corrected chi connectivity index (χ1v) is 5.53. The molecule has 2 rings (SSSR count). The first-order valence-electron chi connectivity index (χ1n) is 4.73. The van der Waals surface area contributed by atoms with Crippen LogP contribution in [0.1, 0.15) is 18.4 Å². The maximum atomic E-state index is 9.99. The fourth-order valence-corrected chi connectivity index (χ4v) is 2.16. The van der Waals surface area contributed by atoms with Gasteiger partial charge >= 0.3 is 0 Å². The summed E-state index contributed by atoms with van der Waals surface area (Å²) in [7, 11) is 0. The summed E-state index contributed by atoms with van der Waals surface area (Å²) in [5.41, 5.74) is 6.91. The Hall–Kier alpha value is -1.00. The molecule has 0 saturated carbocycles. The van der Waals surface area contributed by atoms with Gasteiger partial charge < -0.3 is 15.3 Å². The number of phenolic OH excluding ortho intramolecular Hbond substituents is 1. The lowest BCUT2D eigenvalue weighted by Crippen LogP contribution is -2.09. The van der Waals surface area contributed by atoms with E-state index in [2.05, 4.69) is 15.9 Å². The highest BCUT2D eigenvalue weighted by molar-refractivity contribution is 9.10. The predicted octanol–water partition coefficient (Wildman–Crippen LogP) is 2.96. The Balaban J connectivity index is 2.71. The zero-order chi connectivity index (χ0) is 11.0. The van der Waals surface area contributed by atoms with Gasteiger partial charge in [-0.3, -0.25) is 0 Å². The molecule has 0 radical (unpaired) electrons. The maximum absolute atomic E-state index is 9.99. The van der Waals surface area contributed by atoms with E-state index < -0.39 is 0 Å². The number of phenols is 1. The summed E-state index contributed by atoms with van der Waals surface area (Å²) in [6.45, 7) is 2.46. The van der Waals surface area contributed by atoms with Crippen LogP contribution in [-0.4, -0.2) is 11.7 Å². The molecule has 0 fully saturated rings. The molecule has 0 saturated heterocycles. The van der Waals surface area contributed by atoms with Crippen LogP contribution in [0.5, 0.6) is 5.75 Å². The predicted molar refractivity (Wildman–Crippen MR) is 63.0 cm³/mol. The quantitative estimate of drug-likeness (QED) is 0.881. The van der Waals surface area contributed by atoms with E-state index in [4.69, 9.17) is 10.2 Å². The summed E-state index contributed by atoms with van der Waals surface area (Å²) in [6.07, 6.45) is 1.56. The lowest BCUT2D eigenvalue weighted by atomic mass is 9.99. The van der Waals surface area contributed by atoms with Crippen LogP contribution in [-0.2, 0) is 0 Å². The third-order valence-corrected chi connectivity index (χ3v) is 3.23. The van der Waals surface area contributed by atoms with Gasteiger partial charge in [-0.15, -0.1) is 0 Å². The third kappa shape index (κ3) is 1.64. The molecule has 2 aromatic rings. The third-order valence-electron chi connectivity index (χ3n) is 2.58. The number of nitrogens with two attached hydrogens (primary N) is 1. The number of hydrogen-bond donors (Lipinski definition) is 2. The highest BCUT2D eigenvalue weighted by Gasteiger charge is 2.16. The minimum atomic E-state index is 0.107. The van der Waals surface area contributed by atoms with Crippen molar-refractivity contribution >= 4 is 26.9 Å². The summed E-state index contributed by atoms with van der Waals surface area (Å²) in [4.78, 5) is 0. The standard InChI is InChI=1S/C11H12BrNO2/c1-6(5-13)8-4-9(12)7-2-3-15-11(7)10(8)14/h2-4,6,14H,5,13H2,1H3. The molecule has 0 amide bonds. The molecule has 80 valence electrons. The Morgan fingerprint density at radius 1 is 1.60 bits per heavy atom. The second kappa shape index (κ2) is 3.87. The Labute approximate surface area is 96.0 Å². The molecule has 0 aliphatic rings. The average Bonchev–Trinajstić information content (AvgIpc) is 2.71. The molecule has 3 N–H and O–H groups in total. The van der Waals surface area contributed by atoms with Gasteiger partial charge in [0.25, 0.3) is 0 Å². The first-order chi connectivity index (χ1) is 7.15. The van der Waals surface area contributed by atoms with E-state index in [1.807, 2.05) is 19.1 Å². The van der Waals surface area contributed by atoms with Gasteiger partial charge in [0.15, 0.2) is 11.3 Å². The SMILES string of the molecule is CC(CN)c1cc(Br)c2ccoc2c1O. The van der Waals surface area contributed by atoms with Crippen molar-refractivity contribution in [1.82, 2.24) is 0 Å². The molecule has 1 atom stereocenters. The van der Waals surface area contributed by atoms with Gasteiger partial charge in [-0.1, -0.05) is 22.9 Å². The first kappa shape index (κ1) is 10.5. The second-order valence-corrected chi connectivity index (χ2v) is 4.45. The van der Waals surface area contributed by atoms with Crippen molar-refractivity contribution in [2.75, 3.05) is 6.54 Å². The highest BCUT2D eigenvalue weighted by atomic mass is 79.9. The maximum Gasteiger partial charge on any atom is 0.176 e. The Morgan fingerprint density at radius 3 is 3.00 bits per heavy atom. The van der Waals surface area contributed by atoms with Crippen molar-refractivity contribution in [2.24, 2.45) is 5.73 Å². The van der Waals surface area contributed by atoms with Gasteiger partial charge in [0.2, 0.25) is 0 Å². The molecule has 15 heavy (non-hydrogen) atoms. The summed E-state index contributed by atoms with van der Waals surface area (Å²) in [5, 5.41) is 10.9. The summed E-state index contributed by atoms with van der Waals surface area (Å²) < 4.78 is 6.16. The average molecular weight is 270 g/mol. The van der Waals surface area contributed by atoms with Crippen molar-refractivity contribution in [3.8, 4) is 5.75 Å². The minimum Gasteiger partial charge on any atom is -0.504 e. The highest BCUT2D eigenvalue weighted by Crippen LogP contribution is 2.38. The zero-order valence-corrected chi connectivity index (χ0v) is 9.91. The molecule has 0 aliphatic heterocycles. The van der Waals surface area contributed by atoms with Crippen molar-refractivity contribution in [3.05, 3.63) is 28.4 Å². The summed E-state index contributed by atoms with van der Waals surface area (Å²) in [6, 6.07) is 3.71. The Kier molecular flexibility index (Phi) is 2.71. The molecule has 1 aromatic heterocycles. The van der Waals surface area contributed by atoms with E-state index in [0.717, 1.165) is 15.4 Å². The summed E-state index contributed by atoms with van der Waals surface area (Å²) >= 11 is 3.45. The largest absolute Gasteiger partial charge is 0.504 e. The van der Waals surface area contributed by atoms with Crippen LogP contribution in [0.2, 0.25) is 0 Å². The normalized spacial score (nSPS) is 13.3. The van der Waals surface area contributed by atoms with Crippen LogP contribution in [0.3, 0.4) is 0 Å². The van der Waals surface area contributed by atoms with E-state index in [1.54, 1.807) is 6.26 Å². The van der Waals surface area contributed by atoms with Crippen LogP contribution in [0.15, 0.2) is 27.3 Å². The molecule has 4 heteroatoms. The van der Waals surface area contributed by atoms with E-state index >= 15 is 0 Å². The summed E-state index contributed by atoms with van der Waals surface area (Å²) in [5.74, 6) is 0.298. The van der Waals surface area contributed by atoms with Crippen LogP contribution in [0.25, 0.3) is 11.0 Å². The van der Waals surface area contributed by atoms with Gasteiger partial charge in [-0.25, -0.2) is 0 Å². The Morgan fingerprint density at radius 2 is 2.33 bits per heavy atom. The van der Waals surface area contributed by atoms with Gasteiger partial charge in [0.1, 0.15) is 0 Å². The number of hydrogen-bond acceptors (Lipinski definition) is 3. The van der Waals surface area contributed by atoms with E-state index in [9.17, 15) is 5.11 Å². The molecule has 1 aromatic carbocycles. The fraction of sp³-hybridized carbons (Fsp3) is 0.273. The smallest absolute Gasteiger partial charge is 0.176 e. The van der Waals surface area contributed by atoms with Crippen LogP contribution in [0.4, 0.5) is 0 Å². The van der Waals surface area contributed by atoms with Crippen molar-refractivity contribution in [2.45, 2.75) is 12.8 Å². The van der Waals surface area contributed by atoms with Gasteiger partial charge in [-0.2, -0.15) is 0 Å². The molecule has 1 heterocycles. The monoisotopic (exact) mass is 269 g/mol. The van der Waals surface area contributed by atoms with E-state index in [-0.39, 0.29) is 11.7 Å². The number of benzene rings is 1. The number of fused-ring (bicyclic) bond motifs is 1. The number of furan rings is 1. The van der Waals surface area contributed by atoms with Crippen molar-refractivity contribution < 1.29 is 9.52 Å².